The Hall–Kier alpha value is -1.83. The largest absolute Gasteiger partial charge is 0.488 e. The highest BCUT2D eigenvalue weighted by atomic mass is 19.1. The molecule has 0 heterocycles. The molecule has 1 nitrogen and oxygen atoms in total. The van der Waals surface area contributed by atoms with Crippen molar-refractivity contribution >= 4 is 0 Å². The third kappa shape index (κ3) is 7.15. The van der Waals surface area contributed by atoms with E-state index in [1.54, 1.807) is 12.1 Å². The molecule has 3 rings (SSSR count). The monoisotopic (exact) mass is 409 g/mol. The fraction of sp³-hybridized carbons (Fsp3) is 0.536. The quantitative estimate of drug-likeness (QED) is 0.338. The molecule has 0 unspecified atom stereocenters. The van der Waals surface area contributed by atoms with E-state index < -0.39 is 0 Å². The molecule has 0 saturated heterocycles. The van der Waals surface area contributed by atoms with Gasteiger partial charge in [-0.3, -0.25) is 0 Å². The maximum Gasteiger partial charge on any atom is 0.165 e. The van der Waals surface area contributed by atoms with Gasteiger partial charge < -0.3 is 4.74 Å². The van der Waals surface area contributed by atoms with E-state index in [9.17, 15) is 4.39 Å². The SMILES string of the molecule is CCCCCC[C@H](C)Oc1ccc(-c2ccc(CCC3CC[CH]CC3)cc2)cc1F. The van der Waals surface area contributed by atoms with E-state index in [2.05, 4.69) is 37.6 Å². The number of unbranched alkanes of at least 4 members (excludes halogenated alkanes) is 3. The van der Waals surface area contributed by atoms with Gasteiger partial charge in [-0.1, -0.05) is 69.4 Å². The summed E-state index contributed by atoms with van der Waals surface area (Å²) in [5.74, 6) is 0.972. The average molecular weight is 410 g/mol. The summed E-state index contributed by atoms with van der Waals surface area (Å²) >= 11 is 0. The van der Waals surface area contributed by atoms with Crippen LogP contribution in [-0.4, -0.2) is 6.10 Å². The summed E-state index contributed by atoms with van der Waals surface area (Å²) in [6, 6.07) is 14.0. The van der Waals surface area contributed by atoms with Crippen molar-refractivity contribution in [3.63, 3.8) is 0 Å². The zero-order valence-corrected chi connectivity index (χ0v) is 18.8. The van der Waals surface area contributed by atoms with Gasteiger partial charge in [0.15, 0.2) is 11.6 Å². The van der Waals surface area contributed by atoms with Crippen molar-refractivity contribution in [1.29, 1.82) is 0 Å². The van der Waals surface area contributed by atoms with Gasteiger partial charge in [-0.15, -0.1) is 0 Å². The van der Waals surface area contributed by atoms with E-state index in [1.165, 1.54) is 56.9 Å². The minimum atomic E-state index is -0.272. The summed E-state index contributed by atoms with van der Waals surface area (Å²) in [5.41, 5.74) is 3.35. The minimum Gasteiger partial charge on any atom is -0.488 e. The van der Waals surface area contributed by atoms with Gasteiger partial charge in [-0.2, -0.15) is 0 Å². The molecule has 1 aliphatic carbocycles. The van der Waals surface area contributed by atoms with Crippen molar-refractivity contribution < 1.29 is 9.13 Å². The zero-order chi connectivity index (χ0) is 21.2. The van der Waals surface area contributed by atoms with Crippen molar-refractivity contribution in [1.82, 2.24) is 0 Å². The highest BCUT2D eigenvalue weighted by Crippen LogP contribution is 2.29. The van der Waals surface area contributed by atoms with Crippen LogP contribution in [0.15, 0.2) is 42.5 Å². The number of hydrogen-bond donors (Lipinski definition) is 0. The third-order valence-electron chi connectivity index (χ3n) is 6.41. The van der Waals surface area contributed by atoms with Gasteiger partial charge in [-0.05, 0) is 86.6 Å². The van der Waals surface area contributed by atoms with Gasteiger partial charge in [0.05, 0.1) is 6.10 Å². The van der Waals surface area contributed by atoms with E-state index in [0.717, 1.165) is 36.3 Å². The van der Waals surface area contributed by atoms with Gasteiger partial charge in [0.25, 0.3) is 0 Å². The predicted octanol–water partition coefficient (Wildman–Crippen LogP) is 8.56. The van der Waals surface area contributed by atoms with E-state index in [1.807, 2.05) is 13.0 Å². The van der Waals surface area contributed by atoms with Crippen LogP contribution in [0.5, 0.6) is 5.75 Å². The van der Waals surface area contributed by atoms with Crippen molar-refractivity contribution in [2.24, 2.45) is 5.92 Å². The normalized spacial score (nSPS) is 15.8. The topological polar surface area (TPSA) is 9.23 Å². The predicted molar refractivity (Wildman–Crippen MR) is 125 cm³/mol. The molecular formula is C28H38FO. The summed E-state index contributed by atoms with van der Waals surface area (Å²) < 4.78 is 20.5. The maximum absolute atomic E-state index is 14.6. The van der Waals surface area contributed by atoms with Crippen LogP contribution in [0, 0.1) is 18.2 Å². The molecule has 1 atom stereocenters. The molecule has 0 bridgehead atoms. The smallest absolute Gasteiger partial charge is 0.165 e. The standard InChI is InChI=1S/C28H38FO/c1-3-4-5-7-10-22(2)30-28-20-19-26(21-27(28)29)25-17-15-24(16-18-25)14-13-23-11-8-6-9-12-23/h6,15-23H,3-5,7-14H2,1-2H3/t22-/m0/s1. The fourth-order valence-electron chi connectivity index (χ4n) is 4.43. The molecule has 1 radical (unpaired) electrons. The second-order valence-corrected chi connectivity index (χ2v) is 8.97. The Labute approximate surface area is 183 Å². The highest BCUT2D eigenvalue weighted by molar-refractivity contribution is 5.64. The Bertz CT molecular complexity index is 746. The summed E-state index contributed by atoms with van der Waals surface area (Å²) in [7, 11) is 0. The summed E-state index contributed by atoms with van der Waals surface area (Å²) in [6.07, 6.45) is 16.0. The Morgan fingerprint density at radius 2 is 1.70 bits per heavy atom. The summed E-state index contributed by atoms with van der Waals surface area (Å²) in [6.45, 7) is 4.24. The van der Waals surface area contributed by atoms with Gasteiger partial charge in [0.2, 0.25) is 0 Å². The number of benzene rings is 2. The summed E-state index contributed by atoms with van der Waals surface area (Å²) in [4.78, 5) is 0. The molecule has 1 aliphatic rings. The molecule has 163 valence electrons. The third-order valence-corrected chi connectivity index (χ3v) is 6.41. The van der Waals surface area contributed by atoms with Gasteiger partial charge >= 0.3 is 0 Å². The minimum absolute atomic E-state index is 0.0449. The van der Waals surface area contributed by atoms with E-state index in [-0.39, 0.29) is 11.9 Å². The summed E-state index contributed by atoms with van der Waals surface area (Å²) in [5, 5.41) is 0. The first-order chi connectivity index (χ1) is 14.7. The molecule has 0 aliphatic heterocycles. The van der Waals surface area contributed by atoms with E-state index in [4.69, 9.17) is 4.74 Å². The van der Waals surface area contributed by atoms with Crippen LogP contribution < -0.4 is 4.74 Å². The Morgan fingerprint density at radius 1 is 0.967 bits per heavy atom. The Balaban J connectivity index is 1.52. The molecule has 2 aromatic carbocycles. The molecule has 2 heteroatoms. The first-order valence-corrected chi connectivity index (χ1v) is 12.0. The number of halogens is 1. The molecule has 30 heavy (non-hydrogen) atoms. The number of rotatable bonds is 11. The van der Waals surface area contributed by atoms with Gasteiger partial charge in [-0.25, -0.2) is 4.39 Å². The maximum atomic E-state index is 14.6. The van der Waals surface area contributed by atoms with Crippen LogP contribution in [0.25, 0.3) is 11.1 Å². The van der Waals surface area contributed by atoms with Crippen LogP contribution in [0.4, 0.5) is 4.39 Å². The fourth-order valence-corrected chi connectivity index (χ4v) is 4.43. The molecule has 0 aromatic heterocycles. The lowest BCUT2D eigenvalue weighted by Gasteiger charge is -2.21. The van der Waals surface area contributed by atoms with Crippen molar-refractivity contribution in [2.45, 2.75) is 90.6 Å². The van der Waals surface area contributed by atoms with Crippen LogP contribution in [0.2, 0.25) is 0 Å². The number of ether oxygens (including phenoxy) is 1. The zero-order valence-electron chi connectivity index (χ0n) is 18.8. The number of aryl methyl sites for hydroxylation is 1. The van der Waals surface area contributed by atoms with Crippen molar-refractivity contribution in [2.75, 3.05) is 0 Å². The first kappa shape index (κ1) is 22.8. The van der Waals surface area contributed by atoms with Crippen LogP contribution in [0.1, 0.15) is 83.6 Å². The Kier molecular flexibility index (Phi) is 9.24. The first-order valence-electron chi connectivity index (χ1n) is 12.0. The lowest BCUT2D eigenvalue weighted by molar-refractivity contribution is 0.197. The lowest BCUT2D eigenvalue weighted by atomic mass is 9.85. The molecule has 1 fully saturated rings. The molecule has 2 aromatic rings. The van der Waals surface area contributed by atoms with Gasteiger partial charge in [0.1, 0.15) is 0 Å². The van der Waals surface area contributed by atoms with Crippen molar-refractivity contribution in [3.8, 4) is 16.9 Å². The molecule has 0 spiro atoms. The molecule has 0 N–H and O–H groups in total. The van der Waals surface area contributed by atoms with Crippen LogP contribution >= 0.6 is 0 Å². The molecular weight excluding hydrogens is 371 g/mol. The Morgan fingerprint density at radius 3 is 2.40 bits per heavy atom. The molecule has 0 amide bonds. The van der Waals surface area contributed by atoms with Gasteiger partial charge in [0, 0.05) is 0 Å². The van der Waals surface area contributed by atoms with E-state index >= 15 is 0 Å². The average Bonchev–Trinajstić information content (AvgIpc) is 2.78. The van der Waals surface area contributed by atoms with Crippen molar-refractivity contribution in [3.05, 3.63) is 60.3 Å². The highest BCUT2D eigenvalue weighted by Gasteiger charge is 2.14. The number of hydrogen-bond acceptors (Lipinski definition) is 1. The lowest BCUT2D eigenvalue weighted by Crippen LogP contribution is -2.12. The van der Waals surface area contributed by atoms with E-state index in [0.29, 0.717) is 5.75 Å². The van der Waals surface area contributed by atoms with Crippen LogP contribution in [0.3, 0.4) is 0 Å². The second kappa shape index (κ2) is 12.1. The molecule has 1 saturated carbocycles. The second-order valence-electron chi connectivity index (χ2n) is 8.97. The van der Waals surface area contributed by atoms with Crippen LogP contribution in [-0.2, 0) is 6.42 Å².